The fourth-order valence-corrected chi connectivity index (χ4v) is 3.09. The summed E-state index contributed by atoms with van der Waals surface area (Å²) in [5.74, 6) is 2.00. The van der Waals surface area contributed by atoms with Crippen molar-refractivity contribution in [3.8, 4) is 22.8 Å². The lowest BCUT2D eigenvalue weighted by atomic mass is 10.1. The summed E-state index contributed by atoms with van der Waals surface area (Å²) in [4.78, 5) is 5.49. The first-order valence-corrected chi connectivity index (χ1v) is 6.98. The monoisotopic (exact) mass is 289 g/mol. The fourth-order valence-electron chi connectivity index (χ4n) is 2.22. The van der Waals surface area contributed by atoms with Gasteiger partial charge in [-0.2, -0.15) is 0 Å². The average molecular weight is 289 g/mol. The molecule has 0 radical (unpaired) electrons. The SMILES string of the molecule is COc1ccc(-c2nc3scc(C)n3c2N)cc1OC. The van der Waals surface area contributed by atoms with Gasteiger partial charge in [-0.05, 0) is 25.1 Å². The van der Waals surface area contributed by atoms with E-state index in [2.05, 4.69) is 4.98 Å². The lowest BCUT2D eigenvalue weighted by Crippen LogP contribution is -1.95. The van der Waals surface area contributed by atoms with Gasteiger partial charge in [-0.3, -0.25) is 4.40 Å². The second kappa shape index (κ2) is 4.72. The molecule has 0 aliphatic heterocycles. The number of benzene rings is 1. The predicted molar refractivity (Wildman–Crippen MR) is 80.8 cm³/mol. The van der Waals surface area contributed by atoms with Crippen LogP contribution in [0.1, 0.15) is 5.69 Å². The topological polar surface area (TPSA) is 61.8 Å². The molecule has 2 aromatic heterocycles. The van der Waals surface area contributed by atoms with Gasteiger partial charge in [0, 0.05) is 16.6 Å². The molecule has 104 valence electrons. The molecule has 0 saturated heterocycles. The van der Waals surface area contributed by atoms with Crippen LogP contribution >= 0.6 is 11.3 Å². The molecule has 0 aliphatic carbocycles. The molecule has 0 amide bonds. The Morgan fingerprint density at radius 1 is 1.20 bits per heavy atom. The maximum absolute atomic E-state index is 6.21. The Balaban J connectivity index is 2.17. The number of aromatic nitrogens is 2. The number of aryl methyl sites for hydroxylation is 1. The Morgan fingerprint density at radius 2 is 1.95 bits per heavy atom. The largest absolute Gasteiger partial charge is 0.493 e. The minimum atomic E-state index is 0.644. The van der Waals surface area contributed by atoms with Gasteiger partial charge in [0.25, 0.3) is 0 Å². The highest BCUT2D eigenvalue weighted by molar-refractivity contribution is 7.15. The van der Waals surface area contributed by atoms with E-state index in [9.17, 15) is 0 Å². The molecule has 1 aromatic carbocycles. The Hall–Kier alpha value is -2.21. The molecule has 6 heteroatoms. The van der Waals surface area contributed by atoms with E-state index in [1.807, 2.05) is 34.9 Å². The zero-order chi connectivity index (χ0) is 14.3. The number of thiazole rings is 1. The molecule has 3 aromatic rings. The first kappa shape index (κ1) is 12.8. The lowest BCUT2D eigenvalue weighted by molar-refractivity contribution is 0.355. The van der Waals surface area contributed by atoms with Gasteiger partial charge in [0.05, 0.1) is 14.2 Å². The van der Waals surface area contributed by atoms with Gasteiger partial charge >= 0.3 is 0 Å². The molecular weight excluding hydrogens is 274 g/mol. The molecule has 0 saturated carbocycles. The van der Waals surface area contributed by atoms with Crippen molar-refractivity contribution in [3.05, 3.63) is 29.3 Å². The third-order valence-electron chi connectivity index (χ3n) is 3.23. The average Bonchev–Trinajstić information content (AvgIpc) is 2.99. The molecule has 0 bridgehead atoms. The molecule has 2 heterocycles. The lowest BCUT2D eigenvalue weighted by Gasteiger charge is -2.08. The number of methoxy groups -OCH3 is 2. The zero-order valence-corrected chi connectivity index (χ0v) is 12.3. The number of nitrogens with zero attached hydrogens (tertiary/aromatic N) is 2. The highest BCUT2D eigenvalue weighted by Gasteiger charge is 2.15. The van der Waals surface area contributed by atoms with E-state index >= 15 is 0 Å². The van der Waals surface area contributed by atoms with Crippen molar-refractivity contribution in [2.24, 2.45) is 0 Å². The van der Waals surface area contributed by atoms with Crippen molar-refractivity contribution in [2.45, 2.75) is 6.92 Å². The van der Waals surface area contributed by atoms with Crippen LogP contribution in [-0.2, 0) is 0 Å². The number of fused-ring (bicyclic) bond motifs is 1. The summed E-state index contributed by atoms with van der Waals surface area (Å²) >= 11 is 1.58. The van der Waals surface area contributed by atoms with Gasteiger partial charge in [-0.15, -0.1) is 11.3 Å². The van der Waals surface area contributed by atoms with Crippen LogP contribution in [0.5, 0.6) is 11.5 Å². The Bertz CT molecular complexity index is 776. The van der Waals surface area contributed by atoms with E-state index in [1.165, 1.54) is 0 Å². The Kier molecular flexibility index (Phi) is 3.02. The minimum Gasteiger partial charge on any atom is -0.493 e. The molecule has 5 nitrogen and oxygen atoms in total. The van der Waals surface area contributed by atoms with Crippen LogP contribution in [0.4, 0.5) is 5.82 Å². The second-order valence-electron chi connectivity index (χ2n) is 4.41. The normalized spacial score (nSPS) is 10.9. The van der Waals surface area contributed by atoms with Crippen LogP contribution < -0.4 is 15.2 Å². The van der Waals surface area contributed by atoms with Gasteiger partial charge in [0.15, 0.2) is 16.5 Å². The summed E-state index contributed by atoms with van der Waals surface area (Å²) in [6.07, 6.45) is 0. The molecular formula is C14H15N3O2S. The van der Waals surface area contributed by atoms with Crippen LogP contribution in [0.25, 0.3) is 16.2 Å². The smallest absolute Gasteiger partial charge is 0.196 e. The summed E-state index contributed by atoms with van der Waals surface area (Å²) in [5.41, 5.74) is 8.98. The van der Waals surface area contributed by atoms with Crippen molar-refractivity contribution in [2.75, 3.05) is 20.0 Å². The number of hydrogen-bond donors (Lipinski definition) is 1. The fraction of sp³-hybridized carbons (Fsp3) is 0.214. The molecule has 0 atom stereocenters. The van der Waals surface area contributed by atoms with Gasteiger partial charge < -0.3 is 15.2 Å². The van der Waals surface area contributed by atoms with Crippen LogP contribution in [0, 0.1) is 6.92 Å². The first-order chi connectivity index (χ1) is 9.65. The molecule has 0 fully saturated rings. The van der Waals surface area contributed by atoms with Gasteiger partial charge in [-0.25, -0.2) is 4.98 Å². The van der Waals surface area contributed by atoms with Crippen LogP contribution in [0.15, 0.2) is 23.6 Å². The van der Waals surface area contributed by atoms with Crippen molar-refractivity contribution < 1.29 is 9.47 Å². The third kappa shape index (κ3) is 1.80. The first-order valence-electron chi connectivity index (χ1n) is 6.10. The summed E-state index contributed by atoms with van der Waals surface area (Å²) in [5, 5.41) is 2.04. The molecule has 2 N–H and O–H groups in total. The number of rotatable bonds is 3. The quantitative estimate of drug-likeness (QED) is 0.805. The molecule has 20 heavy (non-hydrogen) atoms. The summed E-state index contributed by atoms with van der Waals surface area (Å²) in [6, 6.07) is 5.67. The highest BCUT2D eigenvalue weighted by atomic mass is 32.1. The number of nitrogen functional groups attached to an aromatic ring is 1. The highest BCUT2D eigenvalue weighted by Crippen LogP contribution is 2.35. The minimum absolute atomic E-state index is 0.644. The maximum Gasteiger partial charge on any atom is 0.196 e. The summed E-state index contributed by atoms with van der Waals surface area (Å²) < 4.78 is 12.5. The van der Waals surface area contributed by atoms with Crippen molar-refractivity contribution in [1.82, 2.24) is 9.38 Å². The van der Waals surface area contributed by atoms with Crippen LogP contribution in [-0.4, -0.2) is 23.6 Å². The summed E-state index contributed by atoms with van der Waals surface area (Å²) in [7, 11) is 3.22. The van der Waals surface area contributed by atoms with Crippen molar-refractivity contribution >= 4 is 22.1 Å². The zero-order valence-electron chi connectivity index (χ0n) is 11.5. The standard InChI is InChI=1S/C14H15N3O2S/c1-8-7-20-14-16-12(13(15)17(8)14)9-4-5-10(18-2)11(6-9)19-3/h4-7H,15H2,1-3H3. The Labute approximate surface area is 120 Å². The van der Waals surface area contributed by atoms with Gasteiger partial charge in [0.2, 0.25) is 0 Å². The van der Waals surface area contributed by atoms with E-state index in [-0.39, 0.29) is 0 Å². The molecule has 3 rings (SSSR count). The third-order valence-corrected chi connectivity index (χ3v) is 4.17. The predicted octanol–water partition coefficient (Wildman–Crippen LogP) is 2.97. The van der Waals surface area contributed by atoms with Crippen molar-refractivity contribution in [3.63, 3.8) is 0 Å². The molecule has 0 unspecified atom stereocenters. The van der Waals surface area contributed by atoms with Gasteiger partial charge in [0.1, 0.15) is 11.5 Å². The summed E-state index contributed by atoms with van der Waals surface area (Å²) in [6.45, 7) is 2.01. The van der Waals surface area contributed by atoms with E-state index in [0.717, 1.165) is 21.9 Å². The molecule has 0 spiro atoms. The van der Waals surface area contributed by atoms with Crippen molar-refractivity contribution in [1.29, 1.82) is 0 Å². The van der Waals surface area contributed by atoms with Crippen LogP contribution in [0.2, 0.25) is 0 Å². The van der Waals surface area contributed by atoms with E-state index in [4.69, 9.17) is 15.2 Å². The Morgan fingerprint density at radius 3 is 2.60 bits per heavy atom. The molecule has 0 aliphatic rings. The van der Waals surface area contributed by atoms with E-state index in [0.29, 0.717) is 17.3 Å². The number of nitrogens with two attached hydrogens (primary N) is 1. The number of imidazole rings is 1. The van der Waals surface area contributed by atoms with Crippen LogP contribution in [0.3, 0.4) is 0 Å². The number of ether oxygens (including phenoxy) is 2. The number of anilines is 1. The number of hydrogen-bond acceptors (Lipinski definition) is 5. The van der Waals surface area contributed by atoms with E-state index < -0.39 is 0 Å². The second-order valence-corrected chi connectivity index (χ2v) is 5.25. The van der Waals surface area contributed by atoms with Gasteiger partial charge in [-0.1, -0.05) is 0 Å². The maximum atomic E-state index is 6.21. The van der Waals surface area contributed by atoms with E-state index in [1.54, 1.807) is 25.6 Å².